The van der Waals surface area contributed by atoms with E-state index in [1.54, 1.807) is 0 Å². The number of amides is 1. The van der Waals surface area contributed by atoms with Gasteiger partial charge in [-0.3, -0.25) is 4.79 Å². The largest absolute Gasteiger partial charge is 0.321 e. The molecule has 2 rings (SSSR count). The minimum Gasteiger partial charge on any atom is -0.321 e. The number of sulfonamides is 1. The van der Waals surface area contributed by atoms with Gasteiger partial charge in [0.05, 0.1) is 15.7 Å². The SMILES string of the molecule is NS(=O)(=O)c1ccccc1NC(=O)c1cccc(Br)c1F. The monoisotopic (exact) mass is 372 g/mol. The zero-order chi connectivity index (χ0) is 15.6. The van der Waals surface area contributed by atoms with Gasteiger partial charge in [0.15, 0.2) is 0 Å². The molecule has 8 heteroatoms. The van der Waals surface area contributed by atoms with Gasteiger partial charge in [-0.25, -0.2) is 17.9 Å². The summed E-state index contributed by atoms with van der Waals surface area (Å²) in [6.07, 6.45) is 0. The number of halogens is 2. The fourth-order valence-corrected chi connectivity index (χ4v) is 2.75. The lowest BCUT2D eigenvalue weighted by atomic mass is 10.2. The van der Waals surface area contributed by atoms with Gasteiger partial charge in [0.1, 0.15) is 10.7 Å². The van der Waals surface area contributed by atoms with Crippen molar-refractivity contribution < 1.29 is 17.6 Å². The second-order valence-corrected chi connectivity index (χ2v) is 6.48. The lowest BCUT2D eigenvalue weighted by molar-refractivity contribution is 0.102. The summed E-state index contributed by atoms with van der Waals surface area (Å²) >= 11 is 2.98. The summed E-state index contributed by atoms with van der Waals surface area (Å²) in [5.74, 6) is -1.51. The van der Waals surface area contributed by atoms with Crippen LogP contribution in [0.25, 0.3) is 0 Å². The Kier molecular flexibility index (Phi) is 4.40. The lowest BCUT2D eigenvalue weighted by Gasteiger charge is -2.10. The van der Waals surface area contributed by atoms with E-state index in [-0.39, 0.29) is 20.6 Å². The summed E-state index contributed by atoms with van der Waals surface area (Å²) in [6, 6.07) is 9.85. The zero-order valence-electron chi connectivity index (χ0n) is 10.5. The van der Waals surface area contributed by atoms with Crippen LogP contribution in [0.3, 0.4) is 0 Å². The van der Waals surface area contributed by atoms with Crippen LogP contribution in [0.4, 0.5) is 10.1 Å². The molecular weight excluding hydrogens is 363 g/mol. The van der Waals surface area contributed by atoms with Crippen molar-refractivity contribution in [2.45, 2.75) is 4.90 Å². The fraction of sp³-hybridized carbons (Fsp3) is 0. The molecule has 0 radical (unpaired) electrons. The third-order valence-corrected chi connectivity index (χ3v) is 4.22. The van der Waals surface area contributed by atoms with Crippen LogP contribution in [0.2, 0.25) is 0 Å². The Morgan fingerprint density at radius 3 is 2.48 bits per heavy atom. The normalized spacial score (nSPS) is 11.2. The molecule has 0 aliphatic carbocycles. The van der Waals surface area contributed by atoms with Crippen LogP contribution < -0.4 is 10.5 Å². The molecule has 110 valence electrons. The molecule has 3 N–H and O–H groups in total. The first-order valence-corrected chi connectivity index (χ1v) is 8.02. The predicted molar refractivity (Wildman–Crippen MR) is 79.9 cm³/mol. The molecule has 0 aliphatic rings. The fourth-order valence-electron chi connectivity index (χ4n) is 1.69. The highest BCUT2D eigenvalue weighted by atomic mass is 79.9. The van der Waals surface area contributed by atoms with Crippen LogP contribution in [-0.4, -0.2) is 14.3 Å². The number of primary sulfonamides is 1. The highest BCUT2D eigenvalue weighted by Gasteiger charge is 2.18. The van der Waals surface area contributed by atoms with Crippen molar-refractivity contribution in [2.75, 3.05) is 5.32 Å². The quantitative estimate of drug-likeness (QED) is 0.866. The Morgan fingerprint density at radius 2 is 1.81 bits per heavy atom. The number of nitrogens with one attached hydrogen (secondary N) is 1. The van der Waals surface area contributed by atoms with Crippen LogP contribution in [0.15, 0.2) is 51.8 Å². The van der Waals surface area contributed by atoms with E-state index in [0.29, 0.717) is 0 Å². The Balaban J connectivity index is 2.40. The van der Waals surface area contributed by atoms with Crippen LogP contribution in [0, 0.1) is 5.82 Å². The smallest absolute Gasteiger partial charge is 0.258 e. The van der Waals surface area contributed by atoms with E-state index >= 15 is 0 Å². The minimum absolute atomic E-state index is 0.00984. The van der Waals surface area contributed by atoms with E-state index in [4.69, 9.17) is 5.14 Å². The number of benzene rings is 2. The third kappa shape index (κ3) is 3.46. The molecule has 0 aliphatic heterocycles. The molecule has 0 atom stereocenters. The molecule has 0 saturated heterocycles. The van der Waals surface area contributed by atoms with Crippen LogP contribution in [-0.2, 0) is 10.0 Å². The summed E-state index contributed by atoms with van der Waals surface area (Å²) in [6.45, 7) is 0. The highest BCUT2D eigenvalue weighted by molar-refractivity contribution is 9.10. The van der Waals surface area contributed by atoms with Crippen molar-refractivity contribution in [1.82, 2.24) is 0 Å². The highest BCUT2D eigenvalue weighted by Crippen LogP contribution is 2.22. The standard InChI is InChI=1S/C13H10BrFN2O3S/c14-9-5-3-4-8(12(9)15)13(18)17-10-6-1-2-7-11(10)21(16,19)20/h1-7H,(H,17,18)(H2,16,19,20). The van der Waals surface area contributed by atoms with E-state index in [1.165, 1.54) is 42.5 Å². The van der Waals surface area contributed by atoms with Gasteiger partial charge < -0.3 is 5.32 Å². The molecule has 5 nitrogen and oxygen atoms in total. The first-order valence-electron chi connectivity index (χ1n) is 5.68. The molecule has 0 fully saturated rings. The van der Waals surface area contributed by atoms with Gasteiger partial charge in [-0.1, -0.05) is 18.2 Å². The number of nitrogens with two attached hydrogens (primary N) is 1. The number of rotatable bonds is 3. The van der Waals surface area contributed by atoms with Gasteiger partial charge in [-0.2, -0.15) is 0 Å². The molecular formula is C13H10BrFN2O3S. The van der Waals surface area contributed by atoms with Crippen LogP contribution in [0.1, 0.15) is 10.4 Å². The van der Waals surface area contributed by atoms with Crippen LogP contribution in [0.5, 0.6) is 0 Å². The second kappa shape index (κ2) is 5.92. The van der Waals surface area contributed by atoms with E-state index in [0.717, 1.165) is 0 Å². The first-order chi connectivity index (χ1) is 9.80. The molecule has 2 aromatic rings. The summed E-state index contributed by atoms with van der Waals surface area (Å²) in [4.78, 5) is 11.8. The minimum atomic E-state index is -4.00. The van der Waals surface area contributed by atoms with Gasteiger partial charge in [0.25, 0.3) is 5.91 Å². The van der Waals surface area contributed by atoms with E-state index in [2.05, 4.69) is 21.2 Å². The number of hydrogen-bond donors (Lipinski definition) is 2. The van der Waals surface area contributed by atoms with Crippen molar-refractivity contribution >= 4 is 37.5 Å². The second-order valence-electron chi connectivity index (χ2n) is 4.10. The molecule has 1 amide bonds. The van der Waals surface area contributed by atoms with Gasteiger partial charge in [0.2, 0.25) is 10.0 Å². The van der Waals surface area contributed by atoms with Crippen molar-refractivity contribution in [3.8, 4) is 0 Å². The Hall–Kier alpha value is -1.77. The molecule has 21 heavy (non-hydrogen) atoms. The predicted octanol–water partition coefficient (Wildman–Crippen LogP) is 2.49. The van der Waals surface area contributed by atoms with E-state index in [9.17, 15) is 17.6 Å². The van der Waals surface area contributed by atoms with E-state index < -0.39 is 21.7 Å². The molecule has 0 spiro atoms. The van der Waals surface area contributed by atoms with Gasteiger partial charge in [-0.15, -0.1) is 0 Å². The first kappa shape index (κ1) is 15.6. The maximum absolute atomic E-state index is 13.8. The van der Waals surface area contributed by atoms with Crippen molar-refractivity contribution in [2.24, 2.45) is 5.14 Å². The summed E-state index contributed by atoms with van der Waals surface area (Å²) in [5.41, 5.74) is -0.224. The number of carbonyl (C=O) groups is 1. The van der Waals surface area contributed by atoms with Crippen molar-refractivity contribution in [3.05, 3.63) is 58.3 Å². The Bertz CT molecular complexity index is 809. The average molecular weight is 373 g/mol. The third-order valence-electron chi connectivity index (χ3n) is 2.64. The summed E-state index contributed by atoms with van der Waals surface area (Å²) in [7, 11) is -4.00. The van der Waals surface area contributed by atoms with Crippen LogP contribution >= 0.6 is 15.9 Å². The number of para-hydroxylation sites is 1. The summed E-state index contributed by atoms with van der Waals surface area (Å²) < 4.78 is 36.8. The lowest BCUT2D eigenvalue weighted by Crippen LogP contribution is -2.19. The molecule has 0 aromatic heterocycles. The van der Waals surface area contributed by atoms with Gasteiger partial charge >= 0.3 is 0 Å². The Labute approximate surface area is 129 Å². The maximum Gasteiger partial charge on any atom is 0.258 e. The van der Waals surface area contributed by atoms with Crippen molar-refractivity contribution in [1.29, 1.82) is 0 Å². The van der Waals surface area contributed by atoms with Gasteiger partial charge in [0, 0.05) is 0 Å². The zero-order valence-corrected chi connectivity index (χ0v) is 12.9. The average Bonchev–Trinajstić information content (AvgIpc) is 2.41. The van der Waals surface area contributed by atoms with E-state index in [1.807, 2.05) is 0 Å². The molecule has 0 bridgehead atoms. The topological polar surface area (TPSA) is 89.3 Å². The number of hydrogen-bond acceptors (Lipinski definition) is 3. The molecule has 0 unspecified atom stereocenters. The Morgan fingerprint density at radius 1 is 1.14 bits per heavy atom. The van der Waals surface area contributed by atoms with Crippen molar-refractivity contribution in [3.63, 3.8) is 0 Å². The summed E-state index contributed by atoms with van der Waals surface area (Å²) in [5, 5.41) is 7.41. The maximum atomic E-state index is 13.8. The number of anilines is 1. The molecule has 0 heterocycles. The molecule has 2 aromatic carbocycles. The van der Waals surface area contributed by atoms with Gasteiger partial charge in [-0.05, 0) is 40.2 Å². The molecule has 0 saturated carbocycles. The number of carbonyl (C=O) groups excluding carboxylic acids is 1.